The zero-order valence-corrected chi connectivity index (χ0v) is 5.97. The molecule has 1 heterocycles. The van der Waals surface area contributed by atoms with Gasteiger partial charge in [0.05, 0.1) is 0 Å². The molecule has 1 saturated heterocycles. The Balaban J connectivity index is 2.37. The average molecular weight is 136 g/mol. The third-order valence-electron chi connectivity index (χ3n) is 0.844. The molecule has 2 N–H and O–H groups in total. The molecule has 1 aliphatic heterocycles. The topological polar surface area (TPSA) is 29.0 Å². The second-order valence-electron chi connectivity index (χ2n) is 1.41. The van der Waals surface area contributed by atoms with E-state index >= 15 is 0 Å². The van der Waals surface area contributed by atoms with E-state index < -0.39 is 0 Å². The second kappa shape index (κ2) is 2.23. The summed E-state index contributed by atoms with van der Waals surface area (Å²) in [6, 6.07) is 0. The summed E-state index contributed by atoms with van der Waals surface area (Å²) >= 11 is 0. The minimum absolute atomic E-state index is 0.0463. The van der Waals surface area contributed by atoms with Crippen LogP contribution >= 0.6 is 20.1 Å². The van der Waals surface area contributed by atoms with E-state index in [1.807, 2.05) is 5.11 Å². The van der Waals surface area contributed by atoms with Crippen LogP contribution in [0.3, 0.4) is 0 Å². The van der Waals surface area contributed by atoms with Crippen LogP contribution in [0.1, 0.15) is 0 Å². The summed E-state index contributed by atoms with van der Waals surface area (Å²) < 4.78 is 2.20. The number of nitrogens with two attached hydrogens (primary N) is 1. The van der Waals surface area contributed by atoms with Crippen LogP contribution < -0.4 is 5.14 Å². The number of nitrogens with zero attached hydrogens (tertiary/aromatic N) is 1. The molecule has 2 atom stereocenters. The van der Waals surface area contributed by atoms with Gasteiger partial charge in [-0.15, -0.1) is 9.24 Å². The molecule has 0 spiro atoms. The van der Waals surface area contributed by atoms with Crippen molar-refractivity contribution < 1.29 is 0 Å². The van der Waals surface area contributed by atoms with Crippen LogP contribution in [-0.2, 0) is 0 Å². The minimum atomic E-state index is -0.0463. The van der Waals surface area contributed by atoms with Gasteiger partial charge in [-0.3, -0.25) is 5.14 Å². The Bertz CT molecular complexity index is 99.1. The Morgan fingerprint density at radius 1 is 1.71 bits per heavy atom. The van der Waals surface area contributed by atoms with Crippen molar-refractivity contribution in [3.05, 3.63) is 0 Å². The fourth-order valence-corrected chi connectivity index (χ4v) is 1.53. The smallest absolute Gasteiger partial charge is 0.0234 e. The van der Waals surface area contributed by atoms with Crippen LogP contribution in [0, 0.1) is 0 Å². The Labute approximate surface area is 48.5 Å². The lowest BCUT2D eigenvalue weighted by Crippen LogP contribution is -1.94. The summed E-state index contributed by atoms with van der Waals surface area (Å²) in [4.78, 5) is 0. The first-order valence-corrected chi connectivity index (χ1v) is 4.09. The largest absolute Gasteiger partial charge is 0.271 e. The monoisotopic (exact) mass is 136 g/mol. The highest BCUT2D eigenvalue weighted by Gasteiger charge is 2.17. The van der Waals surface area contributed by atoms with Crippen LogP contribution in [0.15, 0.2) is 0 Å². The van der Waals surface area contributed by atoms with Gasteiger partial charge >= 0.3 is 0 Å². The molecule has 1 fully saturated rings. The van der Waals surface area contributed by atoms with Gasteiger partial charge in [-0.1, -0.05) is 10.9 Å². The molecule has 0 aromatic carbocycles. The van der Waals surface area contributed by atoms with Crippen molar-refractivity contribution in [1.82, 2.24) is 4.31 Å². The molecule has 0 aromatic heterocycles. The van der Waals surface area contributed by atoms with Crippen molar-refractivity contribution >= 4 is 25.2 Å². The summed E-state index contributed by atoms with van der Waals surface area (Å²) in [7, 11) is 2.48. The highest BCUT2D eigenvalue weighted by Crippen LogP contribution is 2.19. The Hall–Kier alpha value is 0.570. The van der Waals surface area contributed by atoms with Crippen LogP contribution in [0.25, 0.3) is 0 Å². The van der Waals surface area contributed by atoms with Crippen molar-refractivity contribution in [3.63, 3.8) is 0 Å². The second-order valence-corrected chi connectivity index (χ2v) is 3.71. The molecule has 1 aliphatic rings. The first-order chi connectivity index (χ1) is 3.34. The third-order valence-corrected chi connectivity index (χ3v) is 2.92. The molecule has 4 heteroatoms. The standard InChI is InChI=1S/C3H9N2PS/c4-7(3-6)5-1-2-5/h3H,1-2,4,6H2. The van der Waals surface area contributed by atoms with E-state index in [1.165, 1.54) is 13.1 Å². The molecule has 7 heavy (non-hydrogen) atoms. The first kappa shape index (κ1) is 5.70. The van der Waals surface area contributed by atoms with Crippen molar-refractivity contribution in [2.45, 2.75) is 0 Å². The predicted molar refractivity (Wildman–Crippen MR) is 39.1 cm³/mol. The highest BCUT2D eigenvalue weighted by molar-refractivity contribution is 8.15. The summed E-state index contributed by atoms with van der Waals surface area (Å²) in [5.74, 6) is 0. The summed E-state index contributed by atoms with van der Waals surface area (Å²) in [6.07, 6.45) is 0. The van der Waals surface area contributed by atoms with Crippen LogP contribution in [0.2, 0.25) is 0 Å². The molecule has 0 saturated carbocycles. The quantitative estimate of drug-likeness (QED) is 0.312. The van der Waals surface area contributed by atoms with E-state index in [0.29, 0.717) is 0 Å². The van der Waals surface area contributed by atoms with Crippen molar-refractivity contribution in [2.75, 3.05) is 13.1 Å². The third kappa shape index (κ3) is 1.50. The van der Waals surface area contributed by atoms with Crippen molar-refractivity contribution in [3.8, 4) is 0 Å². The zero-order chi connectivity index (χ0) is 5.28. The van der Waals surface area contributed by atoms with Crippen LogP contribution in [-0.4, -0.2) is 22.5 Å². The van der Waals surface area contributed by atoms with Gasteiger partial charge in [0.25, 0.3) is 0 Å². The lowest BCUT2D eigenvalue weighted by Gasteiger charge is -1.96. The highest BCUT2D eigenvalue weighted by atomic mass is 32.2. The maximum atomic E-state index is 5.56. The average Bonchev–Trinajstić information content (AvgIpc) is 2.44. The first-order valence-electron chi connectivity index (χ1n) is 2.12. The Morgan fingerprint density at radius 2 is 2.29 bits per heavy atom. The van der Waals surface area contributed by atoms with Crippen molar-refractivity contribution in [1.29, 1.82) is 0 Å². The Morgan fingerprint density at radius 3 is 2.43 bits per heavy atom. The summed E-state index contributed by atoms with van der Waals surface area (Å²) in [5.41, 5.74) is 0. The SMILES string of the molecule is N/S(=C/P)N1CC1. The van der Waals surface area contributed by atoms with Gasteiger partial charge in [0.15, 0.2) is 0 Å². The lowest BCUT2D eigenvalue weighted by atomic mass is 11.0. The molecule has 2 nitrogen and oxygen atoms in total. The summed E-state index contributed by atoms with van der Waals surface area (Å²) in [5, 5.41) is 7.51. The molecule has 0 radical (unpaired) electrons. The molecule has 0 aliphatic carbocycles. The van der Waals surface area contributed by atoms with Gasteiger partial charge < -0.3 is 0 Å². The van der Waals surface area contributed by atoms with Gasteiger partial charge in [0.1, 0.15) is 0 Å². The van der Waals surface area contributed by atoms with E-state index in [1.54, 1.807) is 0 Å². The maximum Gasteiger partial charge on any atom is 0.0234 e. The summed E-state index contributed by atoms with van der Waals surface area (Å²) in [6.45, 7) is 2.37. The van der Waals surface area contributed by atoms with Gasteiger partial charge in [0, 0.05) is 13.1 Å². The number of hydrogen-bond donors (Lipinski definition) is 1. The zero-order valence-electron chi connectivity index (χ0n) is 4.00. The van der Waals surface area contributed by atoms with Crippen LogP contribution in [0.5, 0.6) is 0 Å². The van der Waals surface area contributed by atoms with Gasteiger partial charge in [0.2, 0.25) is 0 Å². The van der Waals surface area contributed by atoms with E-state index in [-0.39, 0.29) is 10.9 Å². The van der Waals surface area contributed by atoms with E-state index in [0.717, 1.165) is 0 Å². The fourth-order valence-electron chi connectivity index (χ4n) is 0.338. The lowest BCUT2D eigenvalue weighted by molar-refractivity contribution is 0.951. The minimum Gasteiger partial charge on any atom is -0.271 e. The van der Waals surface area contributed by atoms with E-state index in [4.69, 9.17) is 5.14 Å². The molecule has 1 rings (SSSR count). The molecule has 0 amide bonds. The number of hydrogen-bond acceptors (Lipinski definition) is 2. The Kier molecular flexibility index (Phi) is 1.81. The molecular weight excluding hydrogens is 127 g/mol. The van der Waals surface area contributed by atoms with Gasteiger partial charge in [-0.25, -0.2) is 4.31 Å². The van der Waals surface area contributed by atoms with Crippen molar-refractivity contribution in [2.24, 2.45) is 5.14 Å². The molecule has 42 valence electrons. The normalized spacial score (nSPS) is 25.4. The molecule has 2 unspecified atom stereocenters. The maximum absolute atomic E-state index is 5.56. The van der Waals surface area contributed by atoms with Gasteiger partial charge in [-0.2, -0.15) is 0 Å². The predicted octanol–water partition coefficient (Wildman–Crippen LogP) is -0.00560. The molecule has 0 bridgehead atoms. The van der Waals surface area contributed by atoms with E-state index in [9.17, 15) is 0 Å². The molecule has 0 aromatic rings. The van der Waals surface area contributed by atoms with Crippen LogP contribution in [0.4, 0.5) is 0 Å². The molecular formula is C3H9N2PS. The number of rotatable bonds is 1. The van der Waals surface area contributed by atoms with Gasteiger partial charge in [-0.05, 0) is 5.11 Å². The fraction of sp³-hybridized carbons (Fsp3) is 0.667. The van der Waals surface area contributed by atoms with E-state index in [2.05, 4.69) is 13.5 Å².